The summed E-state index contributed by atoms with van der Waals surface area (Å²) in [6.45, 7) is 2.90. The van der Waals surface area contributed by atoms with Crippen molar-refractivity contribution in [3.05, 3.63) is 66.1 Å². The molecule has 20 heavy (non-hydrogen) atoms. The monoisotopic (exact) mass is 265 g/mol. The molecule has 0 radical (unpaired) electrons. The zero-order chi connectivity index (χ0) is 13.9. The Balaban J connectivity index is 1.88. The zero-order valence-corrected chi connectivity index (χ0v) is 11.7. The molecule has 3 heteroatoms. The summed E-state index contributed by atoms with van der Waals surface area (Å²) in [6, 6.07) is 12.7. The van der Waals surface area contributed by atoms with Gasteiger partial charge in [-0.15, -0.1) is 0 Å². The number of nitrogens with zero attached hydrogens (tertiary/aromatic N) is 2. The summed E-state index contributed by atoms with van der Waals surface area (Å²) in [5.41, 5.74) is 9.47. The second kappa shape index (κ2) is 5.47. The Bertz CT molecular complexity index is 708. The normalized spacial score (nSPS) is 12.7. The highest BCUT2D eigenvalue weighted by Crippen LogP contribution is 2.17. The van der Waals surface area contributed by atoms with Crippen LogP contribution in [-0.4, -0.2) is 15.6 Å². The van der Waals surface area contributed by atoms with Gasteiger partial charge in [-0.05, 0) is 42.7 Å². The Hall–Kier alpha value is -2.13. The minimum absolute atomic E-state index is 0.201. The Labute approximate surface area is 119 Å². The zero-order valence-electron chi connectivity index (χ0n) is 11.7. The first kappa shape index (κ1) is 12.9. The third-order valence-electron chi connectivity index (χ3n) is 3.46. The molecule has 0 bridgehead atoms. The number of nitrogens with two attached hydrogens (primary N) is 1. The molecule has 1 aromatic carbocycles. The number of aromatic nitrogens is 2. The number of hydrogen-bond acceptors (Lipinski definition) is 2. The molecule has 0 aliphatic heterocycles. The Morgan fingerprint density at radius 1 is 1.20 bits per heavy atom. The van der Waals surface area contributed by atoms with Crippen molar-refractivity contribution in [1.82, 2.24) is 9.55 Å². The van der Waals surface area contributed by atoms with Gasteiger partial charge in [-0.2, -0.15) is 0 Å². The van der Waals surface area contributed by atoms with Gasteiger partial charge in [-0.3, -0.25) is 4.98 Å². The quantitative estimate of drug-likeness (QED) is 0.788. The van der Waals surface area contributed by atoms with Gasteiger partial charge in [0.2, 0.25) is 0 Å². The Kier molecular flexibility index (Phi) is 3.52. The van der Waals surface area contributed by atoms with Gasteiger partial charge in [0.15, 0.2) is 0 Å². The number of hydrogen-bond donors (Lipinski definition) is 1. The van der Waals surface area contributed by atoms with Crippen molar-refractivity contribution >= 4 is 10.9 Å². The molecule has 0 saturated carbocycles. The number of fused-ring (bicyclic) bond motifs is 1. The molecular weight excluding hydrogens is 246 g/mol. The van der Waals surface area contributed by atoms with Crippen molar-refractivity contribution in [3.8, 4) is 0 Å². The Morgan fingerprint density at radius 3 is 2.90 bits per heavy atom. The molecule has 102 valence electrons. The smallest absolute Gasteiger partial charge is 0.0705 e. The summed E-state index contributed by atoms with van der Waals surface area (Å²) in [5, 5.41) is 1.22. The van der Waals surface area contributed by atoms with Gasteiger partial charge in [0.05, 0.1) is 5.52 Å². The molecule has 0 amide bonds. The predicted octanol–water partition coefficient (Wildman–Crippen LogP) is 2.97. The first-order valence-electron chi connectivity index (χ1n) is 6.95. The largest absolute Gasteiger partial charge is 0.350 e. The topological polar surface area (TPSA) is 43.8 Å². The van der Waals surface area contributed by atoms with Crippen LogP contribution in [0, 0.1) is 0 Å². The maximum absolute atomic E-state index is 5.84. The van der Waals surface area contributed by atoms with Gasteiger partial charge in [-0.1, -0.05) is 18.2 Å². The lowest BCUT2D eigenvalue weighted by molar-refractivity contribution is 0.732. The van der Waals surface area contributed by atoms with Crippen molar-refractivity contribution in [1.29, 1.82) is 0 Å². The molecular formula is C17H19N3. The van der Waals surface area contributed by atoms with Crippen LogP contribution < -0.4 is 5.73 Å². The highest BCUT2D eigenvalue weighted by atomic mass is 14.9. The van der Waals surface area contributed by atoms with Gasteiger partial charge in [0, 0.05) is 36.6 Å². The molecule has 1 atom stereocenters. The summed E-state index contributed by atoms with van der Waals surface area (Å²) in [4.78, 5) is 4.40. The van der Waals surface area contributed by atoms with E-state index in [0.29, 0.717) is 0 Å². The molecule has 3 aromatic rings. The van der Waals surface area contributed by atoms with Gasteiger partial charge in [0.25, 0.3) is 0 Å². The van der Waals surface area contributed by atoms with Crippen LogP contribution >= 0.6 is 0 Å². The van der Waals surface area contributed by atoms with Crippen LogP contribution in [0.4, 0.5) is 0 Å². The maximum atomic E-state index is 5.84. The fraction of sp³-hybridized carbons (Fsp3) is 0.235. The highest BCUT2D eigenvalue weighted by Gasteiger charge is 2.04. The SMILES string of the molecule is CC(N)Cc1ccn(Cc2ccnc3ccccc23)c1. The fourth-order valence-electron chi connectivity index (χ4n) is 2.57. The minimum Gasteiger partial charge on any atom is -0.350 e. The van der Waals surface area contributed by atoms with E-state index in [1.54, 1.807) is 0 Å². The molecule has 0 aliphatic carbocycles. The molecule has 2 heterocycles. The summed E-state index contributed by atoms with van der Waals surface area (Å²) < 4.78 is 2.21. The van der Waals surface area contributed by atoms with E-state index in [1.807, 2.05) is 19.2 Å². The third kappa shape index (κ3) is 2.73. The first-order valence-corrected chi connectivity index (χ1v) is 6.95. The van der Waals surface area contributed by atoms with Crippen LogP contribution in [-0.2, 0) is 13.0 Å². The molecule has 2 aromatic heterocycles. The van der Waals surface area contributed by atoms with E-state index in [9.17, 15) is 0 Å². The lowest BCUT2D eigenvalue weighted by Crippen LogP contribution is -2.17. The van der Waals surface area contributed by atoms with Crippen LogP contribution in [0.1, 0.15) is 18.1 Å². The van der Waals surface area contributed by atoms with E-state index in [0.717, 1.165) is 18.5 Å². The second-order valence-electron chi connectivity index (χ2n) is 5.36. The van der Waals surface area contributed by atoms with Crippen LogP contribution in [0.25, 0.3) is 10.9 Å². The summed E-state index contributed by atoms with van der Waals surface area (Å²) in [5.74, 6) is 0. The lowest BCUT2D eigenvalue weighted by Gasteiger charge is -2.07. The summed E-state index contributed by atoms with van der Waals surface area (Å²) >= 11 is 0. The first-order chi connectivity index (χ1) is 9.72. The number of para-hydroxylation sites is 1. The molecule has 0 saturated heterocycles. The number of pyridine rings is 1. The van der Waals surface area contributed by atoms with Crippen LogP contribution in [0.2, 0.25) is 0 Å². The van der Waals surface area contributed by atoms with Crippen molar-refractivity contribution in [3.63, 3.8) is 0 Å². The predicted molar refractivity (Wildman–Crippen MR) is 82.6 cm³/mol. The van der Waals surface area contributed by atoms with Gasteiger partial charge in [0.1, 0.15) is 0 Å². The van der Waals surface area contributed by atoms with Crippen molar-refractivity contribution in [2.24, 2.45) is 5.73 Å². The fourth-order valence-corrected chi connectivity index (χ4v) is 2.57. The van der Waals surface area contributed by atoms with Crippen LogP contribution in [0.15, 0.2) is 55.0 Å². The summed E-state index contributed by atoms with van der Waals surface area (Å²) in [7, 11) is 0. The van der Waals surface area contributed by atoms with Gasteiger partial charge >= 0.3 is 0 Å². The van der Waals surface area contributed by atoms with Crippen molar-refractivity contribution in [2.75, 3.05) is 0 Å². The molecule has 1 unspecified atom stereocenters. The maximum Gasteiger partial charge on any atom is 0.0705 e. The second-order valence-corrected chi connectivity index (χ2v) is 5.36. The highest BCUT2D eigenvalue weighted by molar-refractivity contribution is 5.81. The van der Waals surface area contributed by atoms with Crippen molar-refractivity contribution in [2.45, 2.75) is 25.9 Å². The standard InChI is InChI=1S/C17H19N3/c1-13(18)10-14-7-9-20(11-14)12-15-6-8-19-17-5-3-2-4-16(15)17/h2-9,11,13H,10,12,18H2,1H3. The molecule has 0 fully saturated rings. The van der Waals surface area contributed by atoms with Gasteiger partial charge in [-0.25, -0.2) is 0 Å². The minimum atomic E-state index is 0.201. The van der Waals surface area contributed by atoms with E-state index < -0.39 is 0 Å². The van der Waals surface area contributed by atoms with E-state index in [1.165, 1.54) is 16.5 Å². The van der Waals surface area contributed by atoms with Crippen molar-refractivity contribution < 1.29 is 0 Å². The lowest BCUT2D eigenvalue weighted by atomic mass is 10.1. The molecule has 0 spiro atoms. The van der Waals surface area contributed by atoms with E-state index in [2.05, 4.69) is 52.3 Å². The van der Waals surface area contributed by atoms with E-state index in [-0.39, 0.29) is 6.04 Å². The number of rotatable bonds is 4. The molecule has 2 N–H and O–H groups in total. The average molecular weight is 265 g/mol. The van der Waals surface area contributed by atoms with E-state index >= 15 is 0 Å². The molecule has 3 rings (SSSR count). The number of benzene rings is 1. The third-order valence-corrected chi connectivity index (χ3v) is 3.46. The van der Waals surface area contributed by atoms with Gasteiger partial charge < -0.3 is 10.3 Å². The van der Waals surface area contributed by atoms with Crippen LogP contribution in [0.3, 0.4) is 0 Å². The van der Waals surface area contributed by atoms with Crippen LogP contribution in [0.5, 0.6) is 0 Å². The molecule has 0 aliphatic rings. The Morgan fingerprint density at radius 2 is 2.05 bits per heavy atom. The summed E-state index contributed by atoms with van der Waals surface area (Å²) in [6.07, 6.45) is 7.10. The average Bonchev–Trinajstić information content (AvgIpc) is 2.86. The van der Waals surface area contributed by atoms with E-state index in [4.69, 9.17) is 5.73 Å². The molecule has 3 nitrogen and oxygen atoms in total.